The molecule has 104 valence electrons. The number of benzene rings is 1. The van der Waals surface area contributed by atoms with Crippen molar-refractivity contribution in [1.82, 2.24) is 9.97 Å². The Balaban J connectivity index is 0.000000212. The van der Waals surface area contributed by atoms with Crippen LogP contribution in [0, 0.1) is 0 Å². The maximum absolute atomic E-state index is 5.46. The second kappa shape index (κ2) is 7.12. The molecule has 0 amide bonds. The summed E-state index contributed by atoms with van der Waals surface area (Å²) in [5, 5.41) is 2.28. The van der Waals surface area contributed by atoms with Crippen molar-refractivity contribution in [2.24, 2.45) is 0 Å². The number of pyridine rings is 2. The Labute approximate surface area is 133 Å². The van der Waals surface area contributed by atoms with Crippen LogP contribution in [0.25, 0.3) is 21.8 Å². The van der Waals surface area contributed by atoms with Crippen molar-refractivity contribution in [2.75, 3.05) is 0 Å². The van der Waals surface area contributed by atoms with Crippen LogP contribution in [0.3, 0.4) is 0 Å². The zero-order chi connectivity index (χ0) is 14.6. The zero-order valence-electron chi connectivity index (χ0n) is 10.9. The average molecular weight is 434 g/mol. The van der Waals surface area contributed by atoms with E-state index in [1.807, 2.05) is 19.1 Å². The van der Waals surface area contributed by atoms with E-state index in [1.165, 1.54) is 0 Å². The maximum atomic E-state index is 5.46. The minimum Gasteiger partial charge on any atom is -0.254 e. The Hall–Kier alpha value is -0.291. The summed E-state index contributed by atoms with van der Waals surface area (Å²) in [5.41, 5.74) is 1.95. The molecule has 0 bridgehead atoms. The fourth-order valence-corrected chi connectivity index (χ4v) is 1.68. The molecule has 0 fully saturated rings. The number of aromatic nitrogens is 2. The molecule has 1 aromatic carbocycles. The molecular weight excluding hydrogens is 421 g/mol. The first-order valence-electron chi connectivity index (χ1n) is 6.16. The summed E-state index contributed by atoms with van der Waals surface area (Å²) in [7, 11) is 16.4. The quantitative estimate of drug-likeness (QED) is 0.376. The molecule has 0 N–H and O–H groups in total. The summed E-state index contributed by atoms with van der Waals surface area (Å²) in [5.74, 6) is 0. The van der Waals surface area contributed by atoms with Gasteiger partial charge < -0.3 is 0 Å². The van der Waals surface area contributed by atoms with Crippen LogP contribution < -0.4 is 0 Å². The Kier molecular flexibility index (Phi) is 5.73. The van der Waals surface area contributed by atoms with Crippen molar-refractivity contribution in [1.29, 1.82) is 0 Å². The monoisotopic (exact) mass is 434 g/mol. The van der Waals surface area contributed by atoms with E-state index in [0.29, 0.717) is 0 Å². The summed E-state index contributed by atoms with van der Waals surface area (Å²) >= 11 is -2.81. The standard InChI is InChI=1S/C12H8N2.C2H5.3ClH.Sn/c1-3-9-5-6-10-4-2-8-14-12(10)11(9)13-7-1;1-2;;;;/h1-8H;1H2,2H3;3*1H;/q;;;;;+3/p-3. The molecule has 0 aliphatic rings. The number of rotatable bonds is 1. The van der Waals surface area contributed by atoms with Gasteiger partial charge in [-0.2, -0.15) is 0 Å². The molecule has 6 heteroatoms. The number of hydrogen-bond acceptors (Lipinski definition) is 2. The predicted molar refractivity (Wildman–Crippen MR) is 90.8 cm³/mol. The van der Waals surface area contributed by atoms with E-state index in [2.05, 4.69) is 34.2 Å². The molecule has 2 heterocycles. The number of fused-ring (bicyclic) bond motifs is 3. The fraction of sp³-hybridized carbons (Fsp3) is 0.143. The summed E-state index contributed by atoms with van der Waals surface area (Å²) in [6.45, 7) is 1.91. The molecule has 0 radical (unpaired) electrons. The Morgan fingerprint density at radius 2 is 1.25 bits per heavy atom. The van der Waals surface area contributed by atoms with Gasteiger partial charge in [0.1, 0.15) is 0 Å². The average Bonchev–Trinajstić information content (AvgIpc) is 2.47. The van der Waals surface area contributed by atoms with E-state index in [4.69, 9.17) is 26.8 Å². The van der Waals surface area contributed by atoms with E-state index in [0.717, 1.165) is 26.2 Å². The van der Waals surface area contributed by atoms with Gasteiger partial charge in [-0.25, -0.2) is 0 Å². The largest absolute Gasteiger partial charge is 0.254 e. The third-order valence-electron chi connectivity index (χ3n) is 2.75. The molecule has 0 saturated carbocycles. The molecule has 2 aromatic heterocycles. The van der Waals surface area contributed by atoms with Gasteiger partial charge in [0.15, 0.2) is 0 Å². The van der Waals surface area contributed by atoms with Gasteiger partial charge in [0, 0.05) is 23.2 Å². The zero-order valence-corrected chi connectivity index (χ0v) is 16.0. The fourth-order valence-electron chi connectivity index (χ4n) is 1.68. The van der Waals surface area contributed by atoms with E-state index in [-0.39, 0.29) is 0 Å². The van der Waals surface area contributed by atoms with Crippen LogP contribution in [0.1, 0.15) is 6.92 Å². The van der Waals surface area contributed by atoms with Crippen molar-refractivity contribution < 1.29 is 0 Å². The van der Waals surface area contributed by atoms with Gasteiger partial charge in [-0.3, -0.25) is 9.97 Å². The van der Waals surface area contributed by atoms with Crippen molar-refractivity contribution >= 4 is 63.6 Å². The van der Waals surface area contributed by atoms with Gasteiger partial charge in [-0.05, 0) is 12.1 Å². The van der Waals surface area contributed by atoms with Crippen molar-refractivity contribution in [3.05, 3.63) is 48.8 Å². The minimum absolute atomic E-state index is 0.777. The van der Waals surface area contributed by atoms with Crippen molar-refractivity contribution in [3.63, 3.8) is 0 Å². The summed E-state index contributed by atoms with van der Waals surface area (Å²) in [6.07, 6.45) is 3.60. The second-order valence-electron chi connectivity index (χ2n) is 4.18. The maximum Gasteiger partial charge on any atom is 0.0964 e. The van der Waals surface area contributed by atoms with E-state index < -0.39 is 15.0 Å². The van der Waals surface area contributed by atoms with Crippen LogP contribution >= 0.6 is 26.8 Å². The third kappa shape index (κ3) is 4.35. The summed E-state index contributed by atoms with van der Waals surface area (Å²) in [6, 6.07) is 12.1. The number of nitrogens with zero attached hydrogens (tertiary/aromatic N) is 2. The molecule has 2 nitrogen and oxygen atoms in total. The smallest absolute Gasteiger partial charge is 0.0964 e. The molecule has 3 aromatic rings. The summed E-state index contributed by atoms with van der Waals surface area (Å²) < 4.78 is 0.777. The van der Waals surface area contributed by atoms with Gasteiger partial charge in [0.2, 0.25) is 0 Å². The van der Waals surface area contributed by atoms with Crippen LogP contribution in [0.4, 0.5) is 0 Å². The van der Waals surface area contributed by atoms with Gasteiger partial charge in [0.25, 0.3) is 0 Å². The molecule has 0 aliphatic heterocycles. The first kappa shape index (κ1) is 16.1. The molecule has 3 rings (SSSR count). The molecule has 0 saturated heterocycles. The number of hydrogen-bond donors (Lipinski definition) is 0. The molecule has 0 spiro atoms. The van der Waals surface area contributed by atoms with Gasteiger partial charge >= 0.3 is 53.1 Å². The first-order valence-corrected chi connectivity index (χ1v) is 19.0. The predicted octanol–water partition coefficient (Wildman–Crippen LogP) is 5.44. The van der Waals surface area contributed by atoms with Gasteiger partial charge in [0.05, 0.1) is 11.0 Å². The second-order valence-corrected chi connectivity index (χ2v) is 26.6. The normalized spacial score (nSPS) is 11.2. The minimum atomic E-state index is -2.81. The molecule has 0 atom stereocenters. The first-order chi connectivity index (χ1) is 9.51. The van der Waals surface area contributed by atoms with Crippen molar-refractivity contribution in [2.45, 2.75) is 11.4 Å². The van der Waals surface area contributed by atoms with Crippen LogP contribution in [0.2, 0.25) is 4.44 Å². The van der Waals surface area contributed by atoms with Gasteiger partial charge in [-0.15, -0.1) is 0 Å². The topological polar surface area (TPSA) is 25.8 Å². The molecule has 0 unspecified atom stereocenters. The Bertz CT molecular complexity index is 658. The van der Waals surface area contributed by atoms with Crippen LogP contribution in [0.5, 0.6) is 0 Å². The third-order valence-corrected chi connectivity index (χ3v) is 10.4. The Morgan fingerprint density at radius 1 is 0.850 bits per heavy atom. The van der Waals surface area contributed by atoms with Crippen LogP contribution in [0.15, 0.2) is 48.8 Å². The van der Waals surface area contributed by atoms with E-state index in [1.54, 1.807) is 12.4 Å². The molecular formula is C14H13Cl3N2Sn. The van der Waals surface area contributed by atoms with Crippen LogP contribution in [-0.4, -0.2) is 25.0 Å². The van der Waals surface area contributed by atoms with Crippen LogP contribution in [-0.2, 0) is 0 Å². The Morgan fingerprint density at radius 3 is 1.60 bits per heavy atom. The van der Waals surface area contributed by atoms with E-state index in [9.17, 15) is 0 Å². The van der Waals surface area contributed by atoms with Crippen molar-refractivity contribution in [3.8, 4) is 0 Å². The number of halogens is 3. The molecule has 0 aliphatic carbocycles. The van der Waals surface area contributed by atoms with E-state index >= 15 is 0 Å². The summed E-state index contributed by atoms with van der Waals surface area (Å²) in [4.78, 5) is 8.69. The SMILES string of the molecule is C[CH2][Sn]([Cl])([Cl])[Cl].c1cnc2c(c1)ccc1cccnc12. The van der Waals surface area contributed by atoms with Gasteiger partial charge in [-0.1, -0.05) is 24.3 Å². The molecule has 20 heavy (non-hydrogen) atoms.